The highest BCUT2D eigenvalue weighted by Gasteiger charge is 2.15. The molecule has 0 aromatic carbocycles. The smallest absolute Gasteiger partial charge is 0.407 e. The molecule has 0 radical (unpaired) electrons. The van der Waals surface area contributed by atoms with Gasteiger partial charge in [-0.2, -0.15) is 10.4 Å². The molecule has 8 heteroatoms. The number of nitrogens with two attached hydrogens (primary N) is 1. The first kappa shape index (κ1) is 14.6. The van der Waals surface area contributed by atoms with Gasteiger partial charge >= 0.3 is 6.09 Å². The van der Waals surface area contributed by atoms with Crippen LogP contribution in [0.2, 0.25) is 0 Å². The third kappa shape index (κ3) is 4.75. The van der Waals surface area contributed by atoms with Gasteiger partial charge in [-0.05, 0) is 20.8 Å². The number of anilines is 2. The molecule has 0 aliphatic rings. The van der Waals surface area contributed by atoms with E-state index in [1.54, 1.807) is 20.8 Å². The summed E-state index contributed by atoms with van der Waals surface area (Å²) in [6.07, 6.45) is -0.489. The number of carbonyl (C=O) groups is 1. The number of hydrogen-bond donors (Lipinski definition) is 4. The predicted molar refractivity (Wildman–Crippen MR) is 70.4 cm³/mol. The molecule has 0 spiro atoms. The Labute approximate surface area is 111 Å². The molecule has 0 aliphatic carbocycles. The Bertz CT molecular complexity index is 482. The van der Waals surface area contributed by atoms with Crippen LogP contribution < -0.4 is 16.4 Å². The number of nitriles is 1. The number of aromatic nitrogens is 2. The number of aromatic amines is 1. The largest absolute Gasteiger partial charge is 0.444 e. The van der Waals surface area contributed by atoms with Crippen LogP contribution in [-0.4, -0.2) is 35.0 Å². The highest BCUT2D eigenvalue weighted by molar-refractivity contribution is 5.67. The minimum absolute atomic E-state index is 0.213. The molecule has 1 aromatic heterocycles. The van der Waals surface area contributed by atoms with Gasteiger partial charge in [0.05, 0.1) is 0 Å². The Hall–Kier alpha value is -2.43. The summed E-state index contributed by atoms with van der Waals surface area (Å²) in [7, 11) is 0. The van der Waals surface area contributed by atoms with E-state index in [9.17, 15) is 4.79 Å². The van der Waals surface area contributed by atoms with Crippen LogP contribution in [0.3, 0.4) is 0 Å². The number of H-pyrrole nitrogens is 1. The standard InChI is InChI=1S/C11H18N6O2/c1-11(2,3)19-10(18)15-5-4-14-9-7(6-12)8(13)16-17-9/h4-5H2,1-3H3,(H,15,18)(H4,13,14,16,17). The summed E-state index contributed by atoms with van der Waals surface area (Å²) in [5.74, 6) is 0.580. The quantitative estimate of drug-likeness (QED) is 0.596. The van der Waals surface area contributed by atoms with Gasteiger partial charge in [0.25, 0.3) is 0 Å². The maximum atomic E-state index is 11.3. The van der Waals surface area contributed by atoms with Crippen LogP contribution in [0.5, 0.6) is 0 Å². The molecule has 1 heterocycles. The zero-order valence-corrected chi connectivity index (χ0v) is 11.2. The summed E-state index contributed by atoms with van der Waals surface area (Å²) in [4.78, 5) is 11.3. The zero-order chi connectivity index (χ0) is 14.5. The van der Waals surface area contributed by atoms with Gasteiger partial charge in [-0.15, -0.1) is 0 Å². The summed E-state index contributed by atoms with van der Waals surface area (Å²) in [5.41, 5.74) is 5.24. The molecular formula is C11H18N6O2. The molecule has 0 saturated heterocycles. The van der Waals surface area contributed by atoms with Crippen LogP contribution in [0.15, 0.2) is 0 Å². The van der Waals surface area contributed by atoms with Crippen LogP contribution >= 0.6 is 0 Å². The molecule has 0 atom stereocenters. The van der Waals surface area contributed by atoms with Crippen molar-refractivity contribution in [3.8, 4) is 6.07 Å². The van der Waals surface area contributed by atoms with E-state index in [1.807, 2.05) is 6.07 Å². The van der Waals surface area contributed by atoms with Crippen LogP contribution in [0, 0.1) is 11.3 Å². The van der Waals surface area contributed by atoms with Gasteiger partial charge in [-0.1, -0.05) is 0 Å². The maximum absolute atomic E-state index is 11.3. The average Bonchev–Trinajstić information content (AvgIpc) is 2.63. The van der Waals surface area contributed by atoms with Gasteiger partial charge in [-0.3, -0.25) is 5.10 Å². The molecule has 0 unspecified atom stereocenters. The SMILES string of the molecule is CC(C)(C)OC(=O)NCCNc1n[nH]c(N)c1C#N. The molecular weight excluding hydrogens is 248 g/mol. The lowest BCUT2D eigenvalue weighted by Gasteiger charge is -2.19. The fourth-order valence-electron chi connectivity index (χ4n) is 1.26. The lowest BCUT2D eigenvalue weighted by atomic mass is 10.2. The topological polar surface area (TPSA) is 129 Å². The van der Waals surface area contributed by atoms with Gasteiger partial charge in [0.2, 0.25) is 0 Å². The van der Waals surface area contributed by atoms with Gasteiger partial charge in [0.15, 0.2) is 5.82 Å². The number of nitrogens with one attached hydrogen (secondary N) is 3. The van der Waals surface area contributed by atoms with Gasteiger partial charge in [0, 0.05) is 13.1 Å². The molecule has 1 rings (SSSR count). The zero-order valence-electron chi connectivity index (χ0n) is 11.2. The molecule has 104 valence electrons. The molecule has 5 N–H and O–H groups in total. The Morgan fingerprint density at radius 2 is 2.21 bits per heavy atom. The van der Waals surface area contributed by atoms with Crippen molar-refractivity contribution in [1.82, 2.24) is 15.5 Å². The normalized spacial score (nSPS) is 10.6. The van der Waals surface area contributed by atoms with Crippen molar-refractivity contribution in [3.63, 3.8) is 0 Å². The van der Waals surface area contributed by atoms with E-state index < -0.39 is 11.7 Å². The molecule has 19 heavy (non-hydrogen) atoms. The number of hydrogen-bond acceptors (Lipinski definition) is 6. The predicted octanol–water partition coefficient (Wildman–Crippen LogP) is 0.800. The van der Waals surface area contributed by atoms with Crippen LogP contribution in [-0.2, 0) is 4.74 Å². The summed E-state index contributed by atoms with van der Waals surface area (Å²) in [6.45, 7) is 6.11. The maximum Gasteiger partial charge on any atom is 0.407 e. The summed E-state index contributed by atoms with van der Waals surface area (Å²) < 4.78 is 5.07. The second-order valence-corrected chi connectivity index (χ2v) is 4.83. The van der Waals surface area contributed by atoms with E-state index in [-0.39, 0.29) is 11.4 Å². The van der Waals surface area contributed by atoms with E-state index in [0.29, 0.717) is 18.9 Å². The van der Waals surface area contributed by atoms with Gasteiger partial charge in [0.1, 0.15) is 23.1 Å². The van der Waals surface area contributed by atoms with Crippen molar-refractivity contribution < 1.29 is 9.53 Å². The van der Waals surface area contributed by atoms with Gasteiger partial charge < -0.3 is 21.1 Å². The van der Waals surface area contributed by atoms with Crippen LogP contribution in [0.1, 0.15) is 26.3 Å². The number of carbonyl (C=O) groups excluding carboxylic acids is 1. The lowest BCUT2D eigenvalue weighted by Crippen LogP contribution is -2.35. The van der Waals surface area contributed by atoms with Crippen LogP contribution in [0.4, 0.5) is 16.4 Å². The molecule has 8 nitrogen and oxygen atoms in total. The first-order valence-electron chi connectivity index (χ1n) is 5.78. The van der Waals surface area contributed by atoms with Crippen molar-refractivity contribution in [2.45, 2.75) is 26.4 Å². The van der Waals surface area contributed by atoms with Crippen molar-refractivity contribution in [2.24, 2.45) is 0 Å². The van der Waals surface area contributed by atoms with E-state index in [1.165, 1.54) is 0 Å². The van der Waals surface area contributed by atoms with Crippen LogP contribution in [0.25, 0.3) is 0 Å². The minimum atomic E-state index is -0.526. The highest BCUT2D eigenvalue weighted by Crippen LogP contribution is 2.15. The second kappa shape index (κ2) is 5.95. The number of rotatable bonds is 4. The Balaban J connectivity index is 2.32. The fraction of sp³-hybridized carbons (Fsp3) is 0.545. The summed E-state index contributed by atoms with van der Waals surface area (Å²) >= 11 is 0. The Morgan fingerprint density at radius 1 is 1.53 bits per heavy atom. The van der Waals surface area contributed by atoms with E-state index in [0.717, 1.165) is 0 Å². The van der Waals surface area contributed by atoms with E-state index >= 15 is 0 Å². The highest BCUT2D eigenvalue weighted by atomic mass is 16.6. The molecule has 1 amide bonds. The molecule has 0 fully saturated rings. The first-order valence-corrected chi connectivity index (χ1v) is 5.78. The van der Waals surface area contributed by atoms with E-state index in [4.69, 9.17) is 15.7 Å². The third-order valence-electron chi connectivity index (χ3n) is 1.99. The molecule has 1 aromatic rings. The number of alkyl carbamates (subject to hydrolysis) is 1. The van der Waals surface area contributed by atoms with Gasteiger partial charge in [-0.25, -0.2) is 4.79 Å². The Morgan fingerprint density at radius 3 is 2.79 bits per heavy atom. The number of nitrogens with zero attached hydrogens (tertiary/aromatic N) is 2. The number of ether oxygens (including phenoxy) is 1. The molecule has 0 aliphatic heterocycles. The summed E-state index contributed by atoms with van der Waals surface area (Å²) in [5, 5.41) is 20.6. The summed E-state index contributed by atoms with van der Waals surface area (Å²) in [6, 6.07) is 1.93. The first-order chi connectivity index (χ1) is 8.83. The monoisotopic (exact) mass is 266 g/mol. The number of amides is 1. The number of nitrogen functional groups attached to an aromatic ring is 1. The Kier molecular flexibility index (Phi) is 4.58. The molecule has 0 bridgehead atoms. The van der Waals surface area contributed by atoms with Crippen molar-refractivity contribution >= 4 is 17.7 Å². The van der Waals surface area contributed by atoms with Crippen molar-refractivity contribution in [1.29, 1.82) is 5.26 Å². The average molecular weight is 266 g/mol. The molecule has 0 saturated carbocycles. The van der Waals surface area contributed by atoms with Crippen molar-refractivity contribution in [2.75, 3.05) is 24.1 Å². The fourth-order valence-corrected chi connectivity index (χ4v) is 1.26. The van der Waals surface area contributed by atoms with Crippen molar-refractivity contribution in [3.05, 3.63) is 5.56 Å². The van der Waals surface area contributed by atoms with E-state index in [2.05, 4.69) is 20.8 Å². The third-order valence-corrected chi connectivity index (χ3v) is 1.99. The second-order valence-electron chi connectivity index (χ2n) is 4.83. The minimum Gasteiger partial charge on any atom is -0.444 e. The lowest BCUT2D eigenvalue weighted by molar-refractivity contribution is 0.0530.